The minimum absolute atomic E-state index is 0.226. The Bertz CT molecular complexity index is 468. The third kappa shape index (κ3) is 2.88. The van der Waals surface area contributed by atoms with E-state index in [4.69, 9.17) is 4.74 Å². The summed E-state index contributed by atoms with van der Waals surface area (Å²) in [5.74, 6) is 0.517. The fourth-order valence-corrected chi connectivity index (χ4v) is 1.90. The van der Waals surface area contributed by atoms with Crippen molar-refractivity contribution < 1.29 is 14.3 Å². The topological polar surface area (TPSA) is 55.4 Å². The van der Waals surface area contributed by atoms with Crippen molar-refractivity contribution in [3.8, 4) is 5.75 Å². The number of amides is 2. The van der Waals surface area contributed by atoms with E-state index in [0.717, 1.165) is 0 Å². The molecule has 1 aliphatic heterocycles. The van der Waals surface area contributed by atoms with Gasteiger partial charge in [0.1, 0.15) is 5.75 Å². The Kier molecular flexibility index (Phi) is 3.65. The molecular weight excluding hydrogens is 230 g/mol. The largest absolute Gasteiger partial charge is 0.481 e. The van der Waals surface area contributed by atoms with E-state index in [1.165, 1.54) is 5.56 Å². The van der Waals surface area contributed by atoms with Crippen LogP contribution in [0, 0.1) is 0 Å². The monoisotopic (exact) mass is 247 g/mol. The van der Waals surface area contributed by atoms with Crippen molar-refractivity contribution in [2.24, 2.45) is 0 Å². The van der Waals surface area contributed by atoms with Crippen LogP contribution in [0.5, 0.6) is 5.75 Å². The molecule has 96 valence electrons. The fourth-order valence-electron chi connectivity index (χ4n) is 1.90. The first-order valence-electron chi connectivity index (χ1n) is 6.16. The van der Waals surface area contributed by atoms with Crippen LogP contribution in [0.15, 0.2) is 24.3 Å². The highest BCUT2D eigenvalue weighted by molar-refractivity contribution is 5.99. The standard InChI is InChI=1S/C14H17NO3/c1-9(2)10-4-3-5-11(8-10)18-12-6-7-13(16)15-14(12)17/h3-5,8-9,12H,6-7H2,1-2H3,(H,15,16,17). The quantitative estimate of drug-likeness (QED) is 0.831. The summed E-state index contributed by atoms with van der Waals surface area (Å²) in [7, 11) is 0. The van der Waals surface area contributed by atoms with Gasteiger partial charge in [-0.3, -0.25) is 14.9 Å². The molecule has 1 aromatic carbocycles. The zero-order valence-electron chi connectivity index (χ0n) is 10.6. The summed E-state index contributed by atoms with van der Waals surface area (Å²) in [6.07, 6.45) is 0.210. The second-order valence-electron chi connectivity index (χ2n) is 4.78. The van der Waals surface area contributed by atoms with Crippen molar-refractivity contribution in [1.29, 1.82) is 0 Å². The number of hydrogen-bond acceptors (Lipinski definition) is 3. The van der Waals surface area contributed by atoms with Gasteiger partial charge in [0.15, 0.2) is 6.10 Å². The van der Waals surface area contributed by atoms with Gasteiger partial charge in [-0.1, -0.05) is 26.0 Å². The van der Waals surface area contributed by atoms with E-state index in [0.29, 0.717) is 24.5 Å². The van der Waals surface area contributed by atoms with Gasteiger partial charge in [-0.2, -0.15) is 0 Å². The molecule has 0 bridgehead atoms. The van der Waals surface area contributed by atoms with E-state index >= 15 is 0 Å². The number of benzene rings is 1. The molecule has 4 nitrogen and oxygen atoms in total. The first kappa shape index (κ1) is 12.6. The fraction of sp³-hybridized carbons (Fsp3) is 0.429. The second-order valence-corrected chi connectivity index (χ2v) is 4.78. The van der Waals surface area contributed by atoms with Gasteiger partial charge >= 0.3 is 0 Å². The molecule has 0 radical (unpaired) electrons. The molecule has 1 aliphatic rings. The summed E-state index contributed by atoms with van der Waals surface area (Å²) >= 11 is 0. The van der Waals surface area contributed by atoms with Gasteiger partial charge in [0.25, 0.3) is 5.91 Å². The Hall–Kier alpha value is -1.84. The summed E-state index contributed by atoms with van der Waals surface area (Å²) in [5.41, 5.74) is 1.17. The number of carbonyl (C=O) groups excluding carboxylic acids is 2. The molecule has 4 heteroatoms. The van der Waals surface area contributed by atoms with E-state index in [9.17, 15) is 9.59 Å². The highest BCUT2D eigenvalue weighted by atomic mass is 16.5. The Morgan fingerprint density at radius 1 is 1.33 bits per heavy atom. The van der Waals surface area contributed by atoms with Gasteiger partial charge < -0.3 is 4.74 Å². The van der Waals surface area contributed by atoms with Crippen LogP contribution in [-0.2, 0) is 9.59 Å². The minimum atomic E-state index is -0.565. The highest BCUT2D eigenvalue weighted by Gasteiger charge is 2.28. The number of hydrogen-bond donors (Lipinski definition) is 1. The number of nitrogens with one attached hydrogen (secondary N) is 1. The van der Waals surface area contributed by atoms with Crippen molar-refractivity contribution in [3.05, 3.63) is 29.8 Å². The Morgan fingerprint density at radius 3 is 2.78 bits per heavy atom. The summed E-state index contributed by atoms with van der Waals surface area (Å²) in [6.45, 7) is 4.20. The van der Waals surface area contributed by atoms with E-state index < -0.39 is 6.10 Å². The molecule has 0 aliphatic carbocycles. The van der Waals surface area contributed by atoms with Gasteiger partial charge in [-0.25, -0.2) is 0 Å². The highest BCUT2D eigenvalue weighted by Crippen LogP contribution is 2.22. The van der Waals surface area contributed by atoms with Crippen LogP contribution in [0.1, 0.15) is 38.2 Å². The zero-order chi connectivity index (χ0) is 13.1. The second kappa shape index (κ2) is 5.21. The van der Waals surface area contributed by atoms with Gasteiger partial charge in [0, 0.05) is 12.8 Å². The maximum absolute atomic E-state index is 11.6. The summed E-state index contributed by atoms with van der Waals surface area (Å²) in [6, 6.07) is 7.71. The summed E-state index contributed by atoms with van der Waals surface area (Å²) in [4.78, 5) is 22.6. The van der Waals surface area contributed by atoms with Crippen molar-refractivity contribution in [3.63, 3.8) is 0 Å². The summed E-state index contributed by atoms with van der Waals surface area (Å²) in [5, 5.41) is 2.28. The molecule has 1 N–H and O–H groups in total. The molecule has 1 atom stereocenters. The van der Waals surface area contributed by atoms with E-state index in [-0.39, 0.29) is 11.8 Å². The van der Waals surface area contributed by atoms with Crippen molar-refractivity contribution in [2.75, 3.05) is 0 Å². The van der Waals surface area contributed by atoms with E-state index in [2.05, 4.69) is 19.2 Å². The van der Waals surface area contributed by atoms with Crippen molar-refractivity contribution in [1.82, 2.24) is 5.32 Å². The molecular formula is C14H17NO3. The number of imide groups is 1. The third-order valence-corrected chi connectivity index (χ3v) is 2.99. The van der Waals surface area contributed by atoms with E-state index in [1.807, 2.05) is 24.3 Å². The lowest BCUT2D eigenvalue weighted by molar-refractivity contribution is -0.138. The van der Waals surface area contributed by atoms with E-state index in [1.54, 1.807) is 0 Å². The van der Waals surface area contributed by atoms with Crippen LogP contribution >= 0.6 is 0 Å². The molecule has 1 fully saturated rings. The number of carbonyl (C=O) groups is 2. The lowest BCUT2D eigenvalue weighted by atomic mass is 10.0. The average molecular weight is 247 g/mol. The molecule has 1 heterocycles. The first-order chi connectivity index (χ1) is 8.56. The van der Waals surface area contributed by atoms with Crippen LogP contribution in [0.3, 0.4) is 0 Å². The predicted octanol–water partition coefficient (Wildman–Crippen LogP) is 1.99. The summed E-state index contributed by atoms with van der Waals surface area (Å²) < 4.78 is 5.64. The molecule has 0 saturated carbocycles. The Labute approximate surface area is 106 Å². The molecule has 1 saturated heterocycles. The van der Waals surface area contributed by atoms with Crippen LogP contribution in [-0.4, -0.2) is 17.9 Å². The Morgan fingerprint density at radius 2 is 2.11 bits per heavy atom. The van der Waals surface area contributed by atoms with Gasteiger partial charge in [0.05, 0.1) is 0 Å². The lowest BCUT2D eigenvalue weighted by Gasteiger charge is -2.22. The lowest BCUT2D eigenvalue weighted by Crippen LogP contribution is -2.46. The molecule has 18 heavy (non-hydrogen) atoms. The normalized spacial score (nSPS) is 19.8. The molecule has 0 aromatic heterocycles. The zero-order valence-corrected chi connectivity index (χ0v) is 10.6. The van der Waals surface area contributed by atoms with Gasteiger partial charge in [0.2, 0.25) is 5.91 Å². The Balaban J connectivity index is 2.07. The molecule has 1 unspecified atom stereocenters. The van der Waals surface area contributed by atoms with Crippen LogP contribution in [0.4, 0.5) is 0 Å². The maximum Gasteiger partial charge on any atom is 0.267 e. The maximum atomic E-state index is 11.6. The molecule has 1 aromatic rings. The smallest absolute Gasteiger partial charge is 0.267 e. The predicted molar refractivity (Wildman–Crippen MR) is 67.3 cm³/mol. The van der Waals surface area contributed by atoms with Crippen molar-refractivity contribution >= 4 is 11.8 Å². The van der Waals surface area contributed by atoms with Crippen LogP contribution in [0.25, 0.3) is 0 Å². The first-order valence-corrected chi connectivity index (χ1v) is 6.16. The molecule has 2 amide bonds. The van der Waals surface area contributed by atoms with Gasteiger partial charge in [-0.15, -0.1) is 0 Å². The molecule has 0 spiro atoms. The number of piperidine rings is 1. The number of rotatable bonds is 3. The number of ether oxygens (including phenoxy) is 1. The molecule has 2 rings (SSSR count). The van der Waals surface area contributed by atoms with Crippen LogP contribution in [0.2, 0.25) is 0 Å². The van der Waals surface area contributed by atoms with Gasteiger partial charge in [-0.05, 0) is 23.6 Å². The SMILES string of the molecule is CC(C)c1cccc(OC2CCC(=O)NC2=O)c1. The van der Waals surface area contributed by atoms with Crippen LogP contribution < -0.4 is 10.1 Å². The third-order valence-electron chi connectivity index (χ3n) is 2.99. The van der Waals surface area contributed by atoms with Crippen molar-refractivity contribution in [2.45, 2.75) is 38.7 Å². The average Bonchev–Trinajstić information content (AvgIpc) is 2.33. The minimum Gasteiger partial charge on any atom is -0.481 e.